The van der Waals surface area contributed by atoms with E-state index in [4.69, 9.17) is 0 Å². The Labute approximate surface area is 180 Å². The number of aryl methyl sites for hydroxylation is 1. The predicted molar refractivity (Wildman–Crippen MR) is 107 cm³/mol. The SMILES string of the molecule is CCS(=O)c1cc(N(C)C(=O)C(F)F)cnc1-c1nc2cc(C(F)(F)F)ncc2n1C.O. The van der Waals surface area contributed by atoms with Gasteiger partial charge in [0.1, 0.15) is 11.4 Å². The molecule has 0 aromatic carbocycles. The first-order valence-corrected chi connectivity index (χ1v) is 10.1. The van der Waals surface area contributed by atoms with Gasteiger partial charge in [0.25, 0.3) is 5.91 Å². The topological polar surface area (TPSA) is 112 Å². The molecule has 0 aliphatic heterocycles. The van der Waals surface area contributed by atoms with Crippen LogP contribution in [0.1, 0.15) is 12.6 Å². The average Bonchev–Trinajstić information content (AvgIpc) is 3.06. The zero-order chi connectivity index (χ0) is 23.1. The minimum Gasteiger partial charge on any atom is -0.412 e. The normalized spacial score (nSPS) is 12.7. The molecule has 1 atom stereocenters. The van der Waals surface area contributed by atoms with Crippen molar-refractivity contribution in [2.45, 2.75) is 24.4 Å². The van der Waals surface area contributed by atoms with Crippen LogP contribution in [0.25, 0.3) is 22.6 Å². The molecule has 8 nitrogen and oxygen atoms in total. The number of fused-ring (bicyclic) bond motifs is 1. The van der Waals surface area contributed by atoms with Gasteiger partial charge in [-0.05, 0) is 12.1 Å². The van der Waals surface area contributed by atoms with E-state index in [1.165, 1.54) is 17.7 Å². The number of pyridine rings is 2. The molecular formula is C18H18F5N5O3S. The molecule has 3 aromatic rings. The highest BCUT2D eigenvalue weighted by molar-refractivity contribution is 7.85. The van der Waals surface area contributed by atoms with Crippen molar-refractivity contribution in [3.8, 4) is 11.5 Å². The van der Waals surface area contributed by atoms with Gasteiger partial charge in [-0.2, -0.15) is 22.0 Å². The Balaban J connectivity index is 0.00000363. The number of alkyl halides is 5. The second-order valence-corrected chi connectivity index (χ2v) is 8.13. The lowest BCUT2D eigenvalue weighted by Gasteiger charge is -2.18. The van der Waals surface area contributed by atoms with Gasteiger partial charge < -0.3 is 14.9 Å². The Hall–Kier alpha value is -3.00. The van der Waals surface area contributed by atoms with Crippen molar-refractivity contribution >= 4 is 33.4 Å². The van der Waals surface area contributed by atoms with Gasteiger partial charge in [0.05, 0.1) is 44.8 Å². The maximum Gasteiger partial charge on any atom is 0.433 e. The monoisotopic (exact) mass is 479 g/mol. The molecule has 0 bridgehead atoms. The Morgan fingerprint density at radius 2 is 1.88 bits per heavy atom. The van der Waals surface area contributed by atoms with Crippen LogP contribution in [-0.2, 0) is 28.8 Å². The third kappa shape index (κ3) is 4.60. The summed E-state index contributed by atoms with van der Waals surface area (Å²) in [7, 11) is 1.02. The second-order valence-electron chi connectivity index (χ2n) is 6.42. The number of rotatable bonds is 5. The zero-order valence-corrected chi connectivity index (χ0v) is 17.8. The fraction of sp³-hybridized carbons (Fsp3) is 0.333. The van der Waals surface area contributed by atoms with E-state index in [2.05, 4.69) is 15.0 Å². The average molecular weight is 479 g/mol. The van der Waals surface area contributed by atoms with Crippen LogP contribution in [0.5, 0.6) is 0 Å². The van der Waals surface area contributed by atoms with Gasteiger partial charge in [-0.1, -0.05) is 6.92 Å². The van der Waals surface area contributed by atoms with E-state index in [0.717, 1.165) is 25.5 Å². The smallest absolute Gasteiger partial charge is 0.412 e. The van der Waals surface area contributed by atoms with Crippen LogP contribution >= 0.6 is 0 Å². The van der Waals surface area contributed by atoms with Crippen LogP contribution < -0.4 is 4.90 Å². The summed E-state index contributed by atoms with van der Waals surface area (Å²) in [6.07, 6.45) is -5.73. The molecule has 0 saturated heterocycles. The molecule has 2 N–H and O–H groups in total. The summed E-state index contributed by atoms with van der Waals surface area (Å²) in [4.78, 5) is 24.1. The molecule has 32 heavy (non-hydrogen) atoms. The van der Waals surface area contributed by atoms with E-state index >= 15 is 0 Å². The largest absolute Gasteiger partial charge is 0.433 e. The van der Waals surface area contributed by atoms with E-state index in [0.29, 0.717) is 4.90 Å². The summed E-state index contributed by atoms with van der Waals surface area (Å²) in [5.74, 6) is -1.20. The number of nitrogens with zero attached hydrogens (tertiary/aromatic N) is 5. The van der Waals surface area contributed by atoms with Crippen molar-refractivity contribution in [3.63, 3.8) is 0 Å². The number of amides is 1. The zero-order valence-electron chi connectivity index (χ0n) is 16.9. The molecule has 0 fully saturated rings. The molecule has 3 aromatic heterocycles. The molecular weight excluding hydrogens is 461 g/mol. The quantitative estimate of drug-likeness (QED) is 0.522. The number of carbonyl (C=O) groups is 1. The predicted octanol–water partition coefficient (Wildman–Crippen LogP) is 2.58. The van der Waals surface area contributed by atoms with E-state index in [1.807, 2.05) is 0 Å². The fourth-order valence-corrected chi connectivity index (χ4v) is 3.77. The van der Waals surface area contributed by atoms with Gasteiger partial charge in [-0.3, -0.25) is 9.00 Å². The molecule has 3 rings (SSSR count). The molecule has 0 saturated carbocycles. The molecule has 3 heterocycles. The lowest BCUT2D eigenvalue weighted by atomic mass is 10.3. The molecule has 0 radical (unpaired) electrons. The van der Waals surface area contributed by atoms with Gasteiger partial charge in [0.15, 0.2) is 5.82 Å². The minimum absolute atomic E-state index is 0. The standard InChI is InChI=1S/C18H16F5N5O2S.H2O/c1-4-31(30)12-5-9(27(2)17(29)15(19)20)7-25-14(12)16-26-10-6-13(18(21,22)23)24-8-11(10)28(16)3;/h5-8,15H,4H2,1-3H3;1H2. The van der Waals surface area contributed by atoms with Crippen molar-refractivity contribution in [1.29, 1.82) is 0 Å². The van der Waals surface area contributed by atoms with Crippen LogP contribution in [0.3, 0.4) is 0 Å². The third-order valence-electron chi connectivity index (χ3n) is 4.52. The number of anilines is 1. The maximum absolute atomic E-state index is 13.0. The Morgan fingerprint density at radius 1 is 1.22 bits per heavy atom. The molecule has 0 aliphatic rings. The molecule has 1 unspecified atom stereocenters. The Bertz CT molecular complexity index is 1180. The highest BCUT2D eigenvalue weighted by Gasteiger charge is 2.33. The number of aromatic nitrogens is 4. The molecule has 0 aliphatic carbocycles. The van der Waals surface area contributed by atoms with Crippen molar-refractivity contribution in [2.75, 3.05) is 17.7 Å². The lowest BCUT2D eigenvalue weighted by Crippen LogP contribution is -2.32. The number of hydrogen-bond donors (Lipinski definition) is 0. The Morgan fingerprint density at radius 3 is 2.44 bits per heavy atom. The van der Waals surface area contributed by atoms with Gasteiger partial charge in [-0.15, -0.1) is 0 Å². The van der Waals surface area contributed by atoms with Crippen LogP contribution in [0.2, 0.25) is 0 Å². The molecule has 1 amide bonds. The van der Waals surface area contributed by atoms with E-state index in [-0.39, 0.29) is 44.4 Å². The van der Waals surface area contributed by atoms with Crippen molar-refractivity contribution in [3.05, 3.63) is 30.2 Å². The van der Waals surface area contributed by atoms with Crippen LogP contribution in [0.4, 0.5) is 27.6 Å². The first-order valence-electron chi connectivity index (χ1n) is 8.79. The van der Waals surface area contributed by atoms with Crippen LogP contribution in [0.15, 0.2) is 29.4 Å². The van der Waals surface area contributed by atoms with Gasteiger partial charge in [0.2, 0.25) is 0 Å². The third-order valence-corrected chi connectivity index (χ3v) is 5.85. The fourth-order valence-electron chi connectivity index (χ4n) is 2.84. The summed E-state index contributed by atoms with van der Waals surface area (Å²) in [5.41, 5.74) is -0.742. The van der Waals surface area contributed by atoms with E-state index in [9.17, 15) is 31.0 Å². The lowest BCUT2D eigenvalue weighted by molar-refractivity contribution is -0.141. The number of hydrogen-bond acceptors (Lipinski definition) is 5. The summed E-state index contributed by atoms with van der Waals surface area (Å²) < 4.78 is 78.5. The summed E-state index contributed by atoms with van der Waals surface area (Å²) in [6, 6.07) is 2.07. The Kier molecular flexibility index (Phi) is 7.29. The number of imidazole rings is 1. The minimum atomic E-state index is -4.65. The van der Waals surface area contributed by atoms with E-state index in [1.54, 1.807) is 6.92 Å². The first kappa shape index (κ1) is 25.3. The second kappa shape index (κ2) is 9.24. The first-order chi connectivity index (χ1) is 14.5. The van der Waals surface area contributed by atoms with Crippen LogP contribution in [-0.4, -0.2) is 54.3 Å². The van der Waals surface area contributed by atoms with Crippen molar-refractivity contribution < 1.29 is 36.4 Å². The summed E-state index contributed by atoms with van der Waals surface area (Å²) in [5, 5.41) is 0. The van der Waals surface area contributed by atoms with Gasteiger partial charge in [0, 0.05) is 19.8 Å². The number of halogens is 5. The van der Waals surface area contributed by atoms with E-state index < -0.39 is 35.0 Å². The molecule has 14 heteroatoms. The van der Waals surface area contributed by atoms with Crippen molar-refractivity contribution in [1.82, 2.24) is 19.5 Å². The van der Waals surface area contributed by atoms with Gasteiger partial charge >= 0.3 is 12.6 Å². The van der Waals surface area contributed by atoms with Crippen LogP contribution in [0, 0.1) is 0 Å². The van der Waals surface area contributed by atoms with Gasteiger partial charge in [-0.25, -0.2) is 15.0 Å². The highest BCUT2D eigenvalue weighted by Crippen LogP contribution is 2.32. The number of carbonyl (C=O) groups excluding carboxylic acids is 1. The summed E-state index contributed by atoms with van der Waals surface area (Å²) in [6.45, 7) is 1.62. The highest BCUT2D eigenvalue weighted by atomic mass is 32.2. The maximum atomic E-state index is 13.0. The van der Waals surface area contributed by atoms with Crippen molar-refractivity contribution in [2.24, 2.45) is 7.05 Å². The molecule has 174 valence electrons. The molecule has 0 spiro atoms. The summed E-state index contributed by atoms with van der Waals surface area (Å²) >= 11 is 0.